The number of ether oxygens (including phenoxy) is 1. The van der Waals surface area contributed by atoms with Crippen molar-refractivity contribution in [3.63, 3.8) is 0 Å². The van der Waals surface area contributed by atoms with E-state index in [1.54, 1.807) is 0 Å². The van der Waals surface area contributed by atoms with Crippen LogP contribution in [0.2, 0.25) is 0 Å². The van der Waals surface area contributed by atoms with Crippen LogP contribution in [0.1, 0.15) is 46.0 Å². The highest BCUT2D eigenvalue weighted by atomic mass is 32.2. The topological polar surface area (TPSA) is 64.1 Å². The maximum atomic E-state index is 11.6. The van der Waals surface area contributed by atoms with Gasteiger partial charge in [0.25, 0.3) is 0 Å². The van der Waals surface area contributed by atoms with Crippen LogP contribution in [0.3, 0.4) is 0 Å². The molecule has 1 aromatic rings. The Labute approximate surface area is 127 Å². The van der Waals surface area contributed by atoms with Crippen LogP contribution in [0.25, 0.3) is 0 Å². The molecule has 20 heavy (non-hydrogen) atoms. The lowest BCUT2D eigenvalue weighted by Gasteiger charge is -2.21. The summed E-state index contributed by atoms with van der Waals surface area (Å²) >= 11 is 2.92. The van der Waals surface area contributed by atoms with Gasteiger partial charge in [-0.3, -0.25) is 4.79 Å². The van der Waals surface area contributed by atoms with Gasteiger partial charge in [-0.1, -0.05) is 42.4 Å². The smallest absolute Gasteiger partial charge is 0.319 e. The summed E-state index contributed by atoms with van der Waals surface area (Å²) in [5.41, 5.74) is 0. The molecule has 0 radical (unpaired) electrons. The molecule has 0 saturated heterocycles. The van der Waals surface area contributed by atoms with E-state index in [1.807, 2.05) is 13.8 Å². The maximum Gasteiger partial charge on any atom is 0.319 e. The third kappa shape index (κ3) is 4.63. The third-order valence-corrected chi connectivity index (χ3v) is 5.25. The Bertz CT molecular complexity index is 433. The largest absolute Gasteiger partial charge is 0.465 e. The van der Waals surface area contributed by atoms with Crippen LogP contribution < -0.4 is 5.32 Å². The van der Waals surface area contributed by atoms with Crippen LogP contribution in [-0.2, 0) is 9.53 Å². The molecule has 1 atom stereocenters. The fourth-order valence-electron chi connectivity index (χ4n) is 2.20. The second-order valence-electron chi connectivity index (χ2n) is 4.86. The van der Waals surface area contributed by atoms with E-state index >= 15 is 0 Å². The van der Waals surface area contributed by atoms with Crippen molar-refractivity contribution in [1.82, 2.24) is 10.2 Å². The number of nitrogens with zero attached hydrogens (tertiary/aromatic N) is 2. The van der Waals surface area contributed by atoms with E-state index in [9.17, 15) is 4.79 Å². The van der Waals surface area contributed by atoms with E-state index in [4.69, 9.17) is 4.74 Å². The Morgan fingerprint density at radius 3 is 2.90 bits per heavy atom. The van der Waals surface area contributed by atoms with Crippen LogP contribution >= 0.6 is 23.1 Å². The highest BCUT2D eigenvalue weighted by molar-refractivity contribution is 8.02. The Balaban J connectivity index is 1.83. The molecule has 1 saturated carbocycles. The molecule has 1 heterocycles. The van der Waals surface area contributed by atoms with Gasteiger partial charge >= 0.3 is 5.97 Å². The summed E-state index contributed by atoms with van der Waals surface area (Å²) in [5.74, 6) is -0.200. The predicted molar refractivity (Wildman–Crippen MR) is 82.4 cm³/mol. The van der Waals surface area contributed by atoms with Crippen LogP contribution in [-0.4, -0.2) is 34.1 Å². The van der Waals surface area contributed by atoms with Gasteiger partial charge in [0.15, 0.2) is 4.34 Å². The first-order valence-corrected chi connectivity index (χ1v) is 8.82. The Kier molecular flexibility index (Phi) is 6.09. The number of carbonyl (C=O) groups is 1. The number of aromatic nitrogens is 2. The normalized spacial score (nSPS) is 17.7. The molecule has 0 bridgehead atoms. The van der Waals surface area contributed by atoms with Crippen molar-refractivity contribution in [3.05, 3.63) is 0 Å². The zero-order valence-electron chi connectivity index (χ0n) is 11.9. The van der Waals surface area contributed by atoms with Gasteiger partial charge in [0.1, 0.15) is 5.25 Å². The molecule has 7 heteroatoms. The minimum absolute atomic E-state index is 0.200. The molecule has 0 aliphatic heterocycles. The molecule has 0 spiro atoms. The quantitative estimate of drug-likeness (QED) is 0.642. The fourth-order valence-corrected chi connectivity index (χ4v) is 4.17. The van der Waals surface area contributed by atoms with Crippen LogP contribution in [0.15, 0.2) is 4.34 Å². The second-order valence-corrected chi connectivity index (χ2v) is 7.43. The predicted octanol–water partition coefficient (Wildman–Crippen LogP) is 3.33. The standard InChI is InChI=1S/C13H21N3O2S2/c1-3-18-11(17)9(2)19-13-16-15-12(20-13)14-10-7-5-4-6-8-10/h9-10H,3-8H2,1-2H3,(H,14,15). The van der Waals surface area contributed by atoms with E-state index in [0.29, 0.717) is 12.6 Å². The van der Waals surface area contributed by atoms with Gasteiger partial charge in [-0.25, -0.2) is 0 Å². The molecule has 1 fully saturated rings. The van der Waals surface area contributed by atoms with Crippen LogP contribution in [0, 0.1) is 0 Å². The molecule has 0 aromatic carbocycles. The lowest BCUT2D eigenvalue weighted by molar-refractivity contribution is -0.142. The molecule has 1 N–H and O–H groups in total. The zero-order chi connectivity index (χ0) is 14.4. The fraction of sp³-hybridized carbons (Fsp3) is 0.769. The highest BCUT2D eigenvalue weighted by Gasteiger charge is 2.19. The lowest BCUT2D eigenvalue weighted by Crippen LogP contribution is -2.21. The molecule has 0 amide bonds. The number of carbonyl (C=O) groups excluding carboxylic acids is 1. The lowest BCUT2D eigenvalue weighted by atomic mass is 9.96. The molecular weight excluding hydrogens is 294 g/mol. The van der Waals surface area contributed by atoms with Crippen molar-refractivity contribution in [1.29, 1.82) is 0 Å². The van der Waals surface area contributed by atoms with Gasteiger partial charge in [-0.15, -0.1) is 10.2 Å². The second kappa shape index (κ2) is 7.83. The minimum Gasteiger partial charge on any atom is -0.465 e. The molecule has 1 unspecified atom stereocenters. The number of nitrogens with one attached hydrogen (secondary N) is 1. The van der Waals surface area contributed by atoms with Crippen molar-refractivity contribution in [2.75, 3.05) is 11.9 Å². The number of thioether (sulfide) groups is 1. The summed E-state index contributed by atoms with van der Waals surface area (Å²) < 4.78 is 5.79. The maximum absolute atomic E-state index is 11.6. The van der Waals surface area contributed by atoms with Crippen molar-refractivity contribution in [3.8, 4) is 0 Å². The molecule has 1 aliphatic carbocycles. The van der Waals surface area contributed by atoms with Gasteiger partial charge in [-0.05, 0) is 26.7 Å². The zero-order valence-corrected chi connectivity index (χ0v) is 13.6. The summed E-state index contributed by atoms with van der Waals surface area (Å²) in [6.45, 7) is 4.05. The first kappa shape index (κ1) is 15.6. The summed E-state index contributed by atoms with van der Waals surface area (Å²) in [7, 11) is 0. The van der Waals surface area contributed by atoms with Gasteiger partial charge < -0.3 is 10.1 Å². The van der Waals surface area contributed by atoms with E-state index in [0.717, 1.165) is 9.47 Å². The highest BCUT2D eigenvalue weighted by Crippen LogP contribution is 2.31. The Hall–Kier alpha value is -0.820. The van der Waals surface area contributed by atoms with E-state index < -0.39 is 0 Å². The van der Waals surface area contributed by atoms with Crippen LogP contribution in [0.4, 0.5) is 5.13 Å². The first-order chi connectivity index (χ1) is 9.69. The van der Waals surface area contributed by atoms with Crippen molar-refractivity contribution < 1.29 is 9.53 Å². The van der Waals surface area contributed by atoms with Crippen LogP contribution in [0.5, 0.6) is 0 Å². The third-order valence-electron chi connectivity index (χ3n) is 3.24. The Morgan fingerprint density at radius 1 is 1.45 bits per heavy atom. The van der Waals surface area contributed by atoms with Crippen molar-refractivity contribution >= 4 is 34.2 Å². The number of hydrogen-bond acceptors (Lipinski definition) is 7. The van der Waals surface area contributed by atoms with Gasteiger partial charge in [0.2, 0.25) is 5.13 Å². The van der Waals surface area contributed by atoms with Gasteiger partial charge in [0, 0.05) is 6.04 Å². The monoisotopic (exact) mass is 315 g/mol. The molecule has 5 nitrogen and oxygen atoms in total. The number of esters is 1. The van der Waals surface area contributed by atoms with Crippen molar-refractivity contribution in [2.45, 2.75) is 61.6 Å². The number of rotatable bonds is 6. The summed E-state index contributed by atoms with van der Waals surface area (Å²) in [5, 5.41) is 12.3. The summed E-state index contributed by atoms with van der Waals surface area (Å²) in [6.07, 6.45) is 6.34. The summed E-state index contributed by atoms with van der Waals surface area (Å²) in [4.78, 5) is 11.6. The first-order valence-electron chi connectivity index (χ1n) is 7.12. The minimum atomic E-state index is -0.245. The molecule has 1 aliphatic rings. The van der Waals surface area contributed by atoms with E-state index in [-0.39, 0.29) is 11.2 Å². The average molecular weight is 315 g/mol. The van der Waals surface area contributed by atoms with Crippen molar-refractivity contribution in [2.24, 2.45) is 0 Å². The Morgan fingerprint density at radius 2 is 2.20 bits per heavy atom. The summed E-state index contributed by atoms with van der Waals surface area (Å²) in [6, 6.07) is 0.525. The van der Waals surface area contributed by atoms with E-state index in [2.05, 4.69) is 15.5 Å². The average Bonchev–Trinajstić information content (AvgIpc) is 2.87. The van der Waals surface area contributed by atoms with Gasteiger partial charge in [0.05, 0.1) is 6.61 Å². The van der Waals surface area contributed by atoms with Gasteiger partial charge in [-0.2, -0.15) is 0 Å². The number of anilines is 1. The molecule has 112 valence electrons. The number of hydrogen-bond donors (Lipinski definition) is 1. The SMILES string of the molecule is CCOC(=O)C(C)Sc1nnc(NC2CCCCC2)s1. The molecule has 1 aromatic heterocycles. The molecular formula is C13H21N3O2S2. The molecule has 2 rings (SSSR count). The van der Waals surface area contributed by atoms with E-state index in [1.165, 1.54) is 55.2 Å².